The first-order chi connectivity index (χ1) is 7.59. The average molecular weight is 221 g/mol. The number of carbonyl (C=O) groups is 1. The Hall–Kier alpha value is -1.38. The first-order valence-corrected chi connectivity index (χ1v) is 5.59. The second-order valence-corrected chi connectivity index (χ2v) is 4.64. The lowest BCUT2D eigenvalue weighted by Crippen LogP contribution is -2.29. The van der Waals surface area contributed by atoms with Crippen LogP contribution in [0, 0.1) is 17.7 Å². The standard InChI is InChI=1S/C13H16FNO/c1-9-7-10(9)8-15(2)13(16)11-5-3-4-6-12(11)14/h3-6,9-10H,7-8H2,1-2H3. The third kappa shape index (κ3) is 2.23. The number of halogens is 1. The number of amides is 1. The highest BCUT2D eigenvalue weighted by molar-refractivity contribution is 5.94. The van der Waals surface area contributed by atoms with Crippen LogP contribution in [0.3, 0.4) is 0 Å². The number of benzene rings is 1. The van der Waals surface area contributed by atoms with Gasteiger partial charge in [0.05, 0.1) is 5.56 Å². The van der Waals surface area contributed by atoms with Crippen molar-refractivity contribution in [3.8, 4) is 0 Å². The van der Waals surface area contributed by atoms with E-state index in [0.29, 0.717) is 11.8 Å². The van der Waals surface area contributed by atoms with Crippen LogP contribution in [-0.2, 0) is 0 Å². The number of hydrogen-bond acceptors (Lipinski definition) is 1. The maximum absolute atomic E-state index is 13.4. The van der Waals surface area contributed by atoms with Crippen molar-refractivity contribution in [1.82, 2.24) is 4.90 Å². The first kappa shape index (κ1) is 11.1. The summed E-state index contributed by atoms with van der Waals surface area (Å²) in [5, 5.41) is 0. The summed E-state index contributed by atoms with van der Waals surface area (Å²) in [5.41, 5.74) is 0.165. The lowest BCUT2D eigenvalue weighted by molar-refractivity contribution is 0.0782. The Kier molecular flexibility index (Phi) is 2.95. The molecule has 1 amide bonds. The van der Waals surface area contributed by atoms with Gasteiger partial charge in [0.25, 0.3) is 5.91 Å². The van der Waals surface area contributed by atoms with Gasteiger partial charge in [0, 0.05) is 13.6 Å². The Morgan fingerprint density at radius 1 is 1.50 bits per heavy atom. The monoisotopic (exact) mass is 221 g/mol. The number of carbonyl (C=O) groups excluding carboxylic acids is 1. The van der Waals surface area contributed by atoms with Crippen LogP contribution in [0.5, 0.6) is 0 Å². The smallest absolute Gasteiger partial charge is 0.256 e. The molecule has 0 heterocycles. The zero-order valence-corrected chi connectivity index (χ0v) is 9.61. The van der Waals surface area contributed by atoms with Gasteiger partial charge in [0.15, 0.2) is 0 Å². The topological polar surface area (TPSA) is 20.3 Å². The largest absolute Gasteiger partial charge is 0.341 e. The van der Waals surface area contributed by atoms with E-state index in [1.165, 1.54) is 18.6 Å². The molecule has 2 atom stereocenters. The zero-order valence-electron chi connectivity index (χ0n) is 9.61. The van der Waals surface area contributed by atoms with E-state index in [4.69, 9.17) is 0 Å². The van der Waals surface area contributed by atoms with Crippen LogP contribution in [0.2, 0.25) is 0 Å². The van der Waals surface area contributed by atoms with E-state index in [0.717, 1.165) is 6.54 Å². The van der Waals surface area contributed by atoms with Crippen molar-refractivity contribution in [2.24, 2.45) is 11.8 Å². The van der Waals surface area contributed by atoms with Crippen LogP contribution in [-0.4, -0.2) is 24.4 Å². The SMILES string of the molecule is CC1CC1CN(C)C(=O)c1ccccc1F. The van der Waals surface area contributed by atoms with Crippen LogP contribution >= 0.6 is 0 Å². The lowest BCUT2D eigenvalue weighted by Gasteiger charge is -2.17. The molecular weight excluding hydrogens is 205 g/mol. The van der Waals surface area contributed by atoms with E-state index >= 15 is 0 Å². The summed E-state index contributed by atoms with van der Waals surface area (Å²) < 4.78 is 13.4. The van der Waals surface area contributed by atoms with Gasteiger partial charge in [-0.2, -0.15) is 0 Å². The lowest BCUT2D eigenvalue weighted by atomic mass is 10.2. The highest BCUT2D eigenvalue weighted by atomic mass is 19.1. The fourth-order valence-corrected chi connectivity index (χ4v) is 1.93. The molecule has 2 unspecified atom stereocenters. The second-order valence-electron chi connectivity index (χ2n) is 4.64. The summed E-state index contributed by atoms with van der Waals surface area (Å²) in [6.07, 6.45) is 1.18. The molecular formula is C13H16FNO. The minimum atomic E-state index is -0.441. The maximum atomic E-state index is 13.4. The van der Waals surface area contributed by atoms with Crippen LogP contribution in [0.4, 0.5) is 4.39 Å². The molecule has 2 rings (SSSR count). The van der Waals surface area contributed by atoms with Crippen molar-refractivity contribution < 1.29 is 9.18 Å². The van der Waals surface area contributed by atoms with E-state index in [1.54, 1.807) is 24.1 Å². The fourth-order valence-electron chi connectivity index (χ4n) is 1.93. The molecule has 1 fully saturated rings. The van der Waals surface area contributed by atoms with Crippen molar-refractivity contribution in [3.05, 3.63) is 35.6 Å². The number of rotatable bonds is 3. The van der Waals surface area contributed by atoms with E-state index in [1.807, 2.05) is 0 Å². The number of nitrogens with zero attached hydrogens (tertiary/aromatic N) is 1. The highest BCUT2D eigenvalue weighted by Gasteiger charge is 2.34. The normalized spacial score (nSPS) is 22.9. The minimum Gasteiger partial charge on any atom is -0.341 e. The molecule has 3 heteroatoms. The highest BCUT2D eigenvalue weighted by Crippen LogP contribution is 2.38. The van der Waals surface area contributed by atoms with Crippen LogP contribution in [0.25, 0.3) is 0 Å². The van der Waals surface area contributed by atoms with Gasteiger partial charge in [-0.3, -0.25) is 4.79 Å². The second kappa shape index (κ2) is 4.24. The molecule has 0 N–H and O–H groups in total. The predicted octanol–water partition coefficient (Wildman–Crippen LogP) is 2.55. The molecule has 0 bridgehead atoms. The van der Waals surface area contributed by atoms with Crippen molar-refractivity contribution in [3.63, 3.8) is 0 Å². The first-order valence-electron chi connectivity index (χ1n) is 5.59. The van der Waals surface area contributed by atoms with Crippen LogP contribution in [0.1, 0.15) is 23.7 Å². The van der Waals surface area contributed by atoms with Crippen molar-refractivity contribution >= 4 is 5.91 Å². The summed E-state index contributed by atoms with van der Waals surface area (Å²) in [6, 6.07) is 6.13. The van der Waals surface area contributed by atoms with E-state index < -0.39 is 5.82 Å². The third-order valence-corrected chi connectivity index (χ3v) is 3.24. The molecule has 1 aliphatic rings. The van der Waals surface area contributed by atoms with Gasteiger partial charge in [-0.15, -0.1) is 0 Å². The molecule has 0 saturated heterocycles. The molecule has 1 saturated carbocycles. The van der Waals surface area contributed by atoms with Gasteiger partial charge in [0.2, 0.25) is 0 Å². The summed E-state index contributed by atoms with van der Waals surface area (Å²) in [4.78, 5) is 13.5. The van der Waals surface area contributed by atoms with Crippen LogP contribution < -0.4 is 0 Å². The van der Waals surface area contributed by atoms with Gasteiger partial charge in [-0.25, -0.2) is 4.39 Å². The van der Waals surface area contributed by atoms with Gasteiger partial charge >= 0.3 is 0 Å². The molecule has 0 aromatic heterocycles. The molecule has 0 radical (unpaired) electrons. The third-order valence-electron chi connectivity index (χ3n) is 3.24. The molecule has 16 heavy (non-hydrogen) atoms. The zero-order chi connectivity index (χ0) is 11.7. The Bertz CT molecular complexity index is 405. The van der Waals surface area contributed by atoms with Gasteiger partial charge in [-0.05, 0) is 30.4 Å². The van der Waals surface area contributed by atoms with E-state index in [2.05, 4.69) is 6.92 Å². The van der Waals surface area contributed by atoms with Gasteiger partial charge < -0.3 is 4.90 Å². The van der Waals surface area contributed by atoms with Gasteiger partial charge in [0.1, 0.15) is 5.82 Å². The maximum Gasteiger partial charge on any atom is 0.256 e. The molecule has 0 aliphatic heterocycles. The molecule has 0 spiro atoms. The Morgan fingerprint density at radius 2 is 2.12 bits per heavy atom. The Labute approximate surface area is 95.1 Å². The molecule has 1 aliphatic carbocycles. The van der Waals surface area contributed by atoms with Crippen molar-refractivity contribution in [2.45, 2.75) is 13.3 Å². The quantitative estimate of drug-likeness (QED) is 0.768. The summed E-state index contributed by atoms with van der Waals surface area (Å²) in [7, 11) is 1.74. The van der Waals surface area contributed by atoms with E-state index in [-0.39, 0.29) is 11.5 Å². The minimum absolute atomic E-state index is 0.165. The Morgan fingerprint density at radius 3 is 2.69 bits per heavy atom. The predicted molar refractivity (Wildman–Crippen MR) is 60.6 cm³/mol. The molecule has 86 valence electrons. The van der Waals surface area contributed by atoms with Crippen molar-refractivity contribution in [1.29, 1.82) is 0 Å². The molecule has 1 aromatic carbocycles. The Balaban J connectivity index is 2.04. The molecule has 2 nitrogen and oxygen atoms in total. The molecule has 1 aromatic rings. The summed E-state index contributed by atoms with van der Waals surface area (Å²) >= 11 is 0. The van der Waals surface area contributed by atoms with Crippen LogP contribution in [0.15, 0.2) is 24.3 Å². The van der Waals surface area contributed by atoms with Crippen molar-refractivity contribution in [2.75, 3.05) is 13.6 Å². The summed E-state index contributed by atoms with van der Waals surface area (Å²) in [6.45, 7) is 2.90. The van der Waals surface area contributed by atoms with Gasteiger partial charge in [-0.1, -0.05) is 19.1 Å². The summed E-state index contributed by atoms with van der Waals surface area (Å²) in [5.74, 6) is 0.636. The fraction of sp³-hybridized carbons (Fsp3) is 0.462. The van der Waals surface area contributed by atoms with E-state index in [9.17, 15) is 9.18 Å². The average Bonchev–Trinajstić information content (AvgIpc) is 2.94. The number of hydrogen-bond donors (Lipinski definition) is 0.